The molecule has 0 bridgehead atoms. The van der Waals surface area contributed by atoms with Crippen molar-refractivity contribution in [1.29, 1.82) is 5.26 Å². The van der Waals surface area contributed by atoms with Gasteiger partial charge in [-0.2, -0.15) is 5.26 Å². The lowest BCUT2D eigenvalue weighted by Gasteiger charge is -2.24. The number of thiophene rings is 1. The van der Waals surface area contributed by atoms with Crippen LogP contribution in [-0.4, -0.2) is 60.8 Å². The number of amides is 3. The smallest absolute Gasteiger partial charge is 0.251 e. The van der Waals surface area contributed by atoms with E-state index in [0.717, 1.165) is 10.9 Å². The molecule has 2 N–H and O–H groups in total. The number of hydrogen-bond donors (Lipinski definition) is 2. The zero-order chi connectivity index (χ0) is 27.4. The van der Waals surface area contributed by atoms with E-state index in [1.165, 1.54) is 28.4 Å². The standard InChI is InChI=1S/C28H25FN4O5S/c29-23-11-20(6-7-22(23)19-4-2-1-3-5-19)26(35)32-15-25(34)33-17-28(37-8-9-38-28)12-24(33)27(36)31-14-21-10-18(13-30)16-39-21/h1-7,10-11,16,24H,8-9,12,14-15,17H2,(H,31,36)(H,32,35)/t24-/m0/s1. The highest BCUT2D eigenvalue weighted by Gasteiger charge is 2.52. The number of rotatable bonds is 7. The Balaban J connectivity index is 1.23. The summed E-state index contributed by atoms with van der Waals surface area (Å²) in [7, 11) is 0. The highest BCUT2D eigenvalue weighted by atomic mass is 32.1. The maximum atomic E-state index is 14.7. The molecule has 1 aromatic heterocycles. The van der Waals surface area contributed by atoms with E-state index in [1.54, 1.807) is 35.7 Å². The molecule has 2 aliphatic heterocycles. The molecule has 3 amide bonds. The summed E-state index contributed by atoms with van der Waals surface area (Å²) >= 11 is 1.35. The third kappa shape index (κ3) is 5.83. The first kappa shape index (κ1) is 26.5. The number of carbonyl (C=O) groups excluding carboxylic acids is 3. The topological polar surface area (TPSA) is 121 Å². The highest BCUT2D eigenvalue weighted by molar-refractivity contribution is 7.10. The monoisotopic (exact) mass is 548 g/mol. The summed E-state index contributed by atoms with van der Waals surface area (Å²) in [5.74, 6) is -3.13. The lowest BCUT2D eigenvalue weighted by molar-refractivity contribution is -0.152. The average molecular weight is 549 g/mol. The molecule has 0 radical (unpaired) electrons. The molecule has 200 valence electrons. The Hall–Kier alpha value is -4.11. The molecule has 0 unspecified atom stereocenters. The van der Waals surface area contributed by atoms with Gasteiger partial charge in [-0.1, -0.05) is 36.4 Å². The lowest BCUT2D eigenvalue weighted by atomic mass is 10.0. The fourth-order valence-electron chi connectivity index (χ4n) is 4.73. The Kier molecular flexibility index (Phi) is 7.70. The van der Waals surface area contributed by atoms with Crippen molar-refractivity contribution in [3.05, 3.63) is 81.8 Å². The molecule has 1 atom stereocenters. The molecule has 2 aromatic carbocycles. The molecule has 3 heterocycles. The second kappa shape index (κ2) is 11.3. The predicted molar refractivity (Wildman–Crippen MR) is 140 cm³/mol. The Labute approximate surface area is 228 Å². The van der Waals surface area contributed by atoms with E-state index in [1.807, 2.05) is 12.1 Å². The van der Waals surface area contributed by atoms with Crippen LogP contribution in [0.5, 0.6) is 0 Å². The summed E-state index contributed by atoms with van der Waals surface area (Å²) in [6.07, 6.45) is 0.151. The van der Waals surface area contributed by atoms with Crippen molar-refractivity contribution < 1.29 is 28.2 Å². The number of carbonyl (C=O) groups is 3. The predicted octanol–water partition coefficient (Wildman–Crippen LogP) is 2.82. The van der Waals surface area contributed by atoms with E-state index in [9.17, 15) is 18.8 Å². The van der Waals surface area contributed by atoms with Crippen molar-refractivity contribution in [2.24, 2.45) is 0 Å². The van der Waals surface area contributed by atoms with Gasteiger partial charge in [0.15, 0.2) is 5.79 Å². The minimum absolute atomic E-state index is 0.0395. The van der Waals surface area contributed by atoms with E-state index in [-0.39, 0.29) is 25.1 Å². The third-order valence-electron chi connectivity index (χ3n) is 6.66. The molecule has 2 saturated heterocycles. The van der Waals surface area contributed by atoms with E-state index in [0.29, 0.717) is 29.9 Å². The van der Waals surface area contributed by atoms with Crippen LogP contribution in [0.1, 0.15) is 27.2 Å². The van der Waals surface area contributed by atoms with Crippen molar-refractivity contribution >= 4 is 29.1 Å². The van der Waals surface area contributed by atoms with Crippen LogP contribution < -0.4 is 10.6 Å². The number of nitrogens with one attached hydrogen (secondary N) is 2. The van der Waals surface area contributed by atoms with Crippen LogP contribution in [0.15, 0.2) is 60.0 Å². The van der Waals surface area contributed by atoms with Gasteiger partial charge < -0.3 is 25.0 Å². The molecule has 3 aromatic rings. The summed E-state index contributed by atoms with van der Waals surface area (Å²) in [5.41, 5.74) is 1.63. The van der Waals surface area contributed by atoms with Crippen molar-refractivity contribution in [2.45, 2.75) is 24.8 Å². The van der Waals surface area contributed by atoms with E-state index in [2.05, 4.69) is 10.6 Å². The summed E-state index contributed by atoms with van der Waals surface area (Å²) in [6.45, 7) is 0.558. The minimum Gasteiger partial charge on any atom is -0.349 e. The van der Waals surface area contributed by atoms with Crippen LogP contribution >= 0.6 is 11.3 Å². The zero-order valence-corrected chi connectivity index (χ0v) is 21.6. The molecule has 0 aliphatic carbocycles. The number of nitriles is 1. The Bertz CT molecular complexity index is 1430. The molecule has 39 heavy (non-hydrogen) atoms. The number of benzene rings is 2. The van der Waals surface area contributed by atoms with Crippen LogP contribution in [0.25, 0.3) is 11.1 Å². The SMILES string of the molecule is N#Cc1csc(CNC(=O)[C@@H]2CC3(CN2C(=O)CNC(=O)c2ccc(-c4ccccc4)c(F)c2)OCCO3)c1. The fraction of sp³-hybridized carbons (Fsp3) is 0.286. The van der Waals surface area contributed by atoms with Crippen LogP contribution in [-0.2, 0) is 25.6 Å². The van der Waals surface area contributed by atoms with Crippen LogP contribution in [0.4, 0.5) is 4.39 Å². The van der Waals surface area contributed by atoms with Crippen molar-refractivity contribution in [3.8, 4) is 17.2 Å². The maximum absolute atomic E-state index is 14.7. The van der Waals surface area contributed by atoms with Crippen LogP contribution in [0.2, 0.25) is 0 Å². The van der Waals surface area contributed by atoms with E-state index >= 15 is 0 Å². The molecule has 2 aliphatic rings. The van der Waals surface area contributed by atoms with Gasteiger partial charge in [-0.15, -0.1) is 11.3 Å². The van der Waals surface area contributed by atoms with Gasteiger partial charge in [0.25, 0.3) is 5.91 Å². The van der Waals surface area contributed by atoms with Crippen LogP contribution in [0.3, 0.4) is 0 Å². The summed E-state index contributed by atoms with van der Waals surface area (Å²) in [5, 5.41) is 16.0. The summed E-state index contributed by atoms with van der Waals surface area (Å²) < 4.78 is 26.2. The zero-order valence-electron chi connectivity index (χ0n) is 20.8. The molecule has 11 heteroatoms. The number of nitrogens with zero attached hydrogens (tertiary/aromatic N) is 2. The van der Waals surface area contributed by atoms with Crippen molar-refractivity contribution in [2.75, 3.05) is 26.3 Å². The van der Waals surface area contributed by atoms with Gasteiger partial charge in [0.2, 0.25) is 11.8 Å². The lowest BCUT2D eigenvalue weighted by Crippen LogP contribution is -2.49. The number of halogens is 1. The van der Waals surface area contributed by atoms with Gasteiger partial charge in [-0.3, -0.25) is 14.4 Å². The molecular formula is C28H25FN4O5S. The molecule has 1 spiro atoms. The van der Waals surface area contributed by atoms with Crippen LogP contribution in [0, 0.1) is 17.1 Å². The second-order valence-corrected chi connectivity index (χ2v) is 10.2. The summed E-state index contributed by atoms with van der Waals surface area (Å²) in [4.78, 5) is 41.1. The largest absolute Gasteiger partial charge is 0.349 e. The van der Waals surface area contributed by atoms with Gasteiger partial charge in [-0.05, 0) is 23.8 Å². The normalized spacial score (nSPS) is 17.6. The molecular weight excluding hydrogens is 523 g/mol. The summed E-state index contributed by atoms with van der Waals surface area (Å²) in [6, 6.07) is 16.0. The van der Waals surface area contributed by atoms with Crippen molar-refractivity contribution in [1.82, 2.24) is 15.5 Å². The maximum Gasteiger partial charge on any atom is 0.251 e. The minimum atomic E-state index is -1.07. The third-order valence-corrected chi connectivity index (χ3v) is 7.60. The first-order valence-corrected chi connectivity index (χ1v) is 13.2. The van der Waals surface area contributed by atoms with Gasteiger partial charge in [0, 0.05) is 27.8 Å². The first-order chi connectivity index (χ1) is 18.9. The van der Waals surface area contributed by atoms with Crippen molar-refractivity contribution in [3.63, 3.8) is 0 Å². The molecule has 9 nitrogen and oxygen atoms in total. The quantitative estimate of drug-likeness (QED) is 0.469. The van der Waals surface area contributed by atoms with E-state index < -0.39 is 41.9 Å². The van der Waals surface area contributed by atoms with Gasteiger partial charge in [0.05, 0.1) is 38.4 Å². The Morgan fingerprint density at radius 2 is 1.87 bits per heavy atom. The van der Waals surface area contributed by atoms with Gasteiger partial charge in [0.1, 0.15) is 17.9 Å². The Morgan fingerprint density at radius 1 is 1.10 bits per heavy atom. The number of likely N-dealkylation sites (tertiary alicyclic amines) is 1. The van der Waals surface area contributed by atoms with E-state index in [4.69, 9.17) is 14.7 Å². The average Bonchev–Trinajstić information content (AvgIpc) is 3.71. The Morgan fingerprint density at radius 3 is 2.56 bits per heavy atom. The van der Waals surface area contributed by atoms with Gasteiger partial charge >= 0.3 is 0 Å². The fourth-order valence-corrected chi connectivity index (χ4v) is 5.48. The molecule has 0 saturated carbocycles. The number of hydrogen-bond acceptors (Lipinski definition) is 7. The molecule has 5 rings (SSSR count). The number of ether oxygens (including phenoxy) is 2. The first-order valence-electron chi connectivity index (χ1n) is 12.3. The molecule has 2 fully saturated rings. The highest BCUT2D eigenvalue weighted by Crippen LogP contribution is 2.35. The van der Waals surface area contributed by atoms with Gasteiger partial charge in [-0.25, -0.2) is 4.39 Å². The second-order valence-electron chi connectivity index (χ2n) is 9.22.